The fraction of sp³-hybridized carbons (Fsp3) is 0.381. The predicted octanol–water partition coefficient (Wildman–Crippen LogP) is 3.34. The first-order valence-corrected chi connectivity index (χ1v) is 9.87. The van der Waals surface area contributed by atoms with Gasteiger partial charge in [-0.1, -0.05) is 12.1 Å². The summed E-state index contributed by atoms with van der Waals surface area (Å²) in [7, 11) is 1.87. The Morgan fingerprint density at radius 2 is 1.90 bits per heavy atom. The molecule has 152 valence electrons. The predicted molar refractivity (Wildman–Crippen MR) is 110 cm³/mol. The van der Waals surface area contributed by atoms with Gasteiger partial charge in [-0.15, -0.1) is 0 Å². The molecule has 1 fully saturated rings. The van der Waals surface area contributed by atoms with Gasteiger partial charge in [-0.3, -0.25) is 4.68 Å². The lowest BCUT2D eigenvalue weighted by Gasteiger charge is -2.26. The van der Waals surface area contributed by atoms with E-state index in [1.54, 1.807) is 29.2 Å². The summed E-state index contributed by atoms with van der Waals surface area (Å²) < 4.78 is 14.9. The van der Waals surface area contributed by atoms with E-state index in [-0.39, 0.29) is 18.0 Å². The summed E-state index contributed by atoms with van der Waals surface area (Å²) >= 11 is 0. The fourth-order valence-corrected chi connectivity index (χ4v) is 3.60. The van der Waals surface area contributed by atoms with E-state index in [1.807, 2.05) is 13.1 Å². The van der Waals surface area contributed by atoms with E-state index in [9.17, 15) is 9.50 Å². The molecule has 4 rings (SSSR count). The molecule has 1 aliphatic rings. The molecule has 0 saturated heterocycles. The Morgan fingerprint density at radius 3 is 2.66 bits per heavy atom. The molecule has 0 atom stereocenters. The fourth-order valence-electron chi connectivity index (χ4n) is 3.60. The molecule has 0 bridgehead atoms. The van der Waals surface area contributed by atoms with E-state index in [4.69, 9.17) is 0 Å². The lowest BCUT2D eigenvalue weighted by molar-refractivity contribution is 0.126. The van der Waals surface area contributed by atoms with Crippen molar-refractivity contribution < 1.29 is 9.50 Å². The van der Waals surface area contributed by atoms with E-state index >= 15 is 0 Å². The van der Waals surface area contributed by atoms with Crippen LogP contribution in [-0.2, 0) is 13.6 Å². The van der Waals surface area contributed by atoms with Crippen LogP contribution >= 0.6 is 0 Å². The van der Waals surface area contributed by atoms with Crippen molar-refractivity contribution in [3.8, 4) is 11.3 Å². The lowest BCUT2D eigenvalue weighted by Crippen LogP contribution is -2.28. The Balaban J connectivity index is 1.49. The smallest absolute Gasteiger partial charge is 0.223 e. The van der Waals surface area contributed by atoms with Gasteiger partial charge in [0, 0.05) is 25.8 Å². The SMILES string of the molecule is Cn1ncc(-c2ccnc(NC3CCC(O)CC3)n2)c1NCc1ccc(F)cc1. The third kappa shape index (κ3) is 4.71. The molecule has 1 aromatic carbocycles. The van der Waals surface area contributed by atoms with Crippen LogP contribution in [0.5, 0.6) is 0 Å². The minimum Gasteiger partial charge on any atom is -0.393 e. The Morgan fingerprint density at radius 1 is 1.14 bits per heavy atom. The molecule has 1 aliphatic carbocycles. The maximum atomic E-state index is 13.1. The molecule has 0 amide bonds. The van der Waals surface area contributed by atoms with Crippen molar-refractivity contribution in [2.75, 3.05) is 10.6 Å². The quantitative estimate of drug-likeness (QED) is 0.592. The normalized spacial score (nSPS) is 19.1. The zero-order valence-corrected chi connectivity index (χ0v) is 16.3. The largest absolute Gasteiger partial charge is 0.393 e. The van der Waals surface area contributed by atoms with E-state index in [2.05, 4.69) is 25.7 Å². The molecule has 3 aromatic rings. The van der Waals surface area contributed by atoms with E-state index in [0.717, 1.165) is 48.3 Å². The van der Waals surface area contributed by atoms with Gasteiger partial charge in [0.1, 0.15) is 11.6 Å². The number of aromatic nitrogens is 4. The van der Waals surface area contributed by atoms with E-state index in [1.165, 1.54) is 12.1 Å². The first kappa shape index (κ1) is 19.3. The Bertz CT molecular complexity index is 950. The average molecular weight is 396 g/mol. The number of halogens is 1. The van der Waals surface area contributed by atoms with Crippen molar-refractivity contribution in [2.24, 2.45) is 7.05 Å². The highest BCUT2D eigenvalue weighted by atomic mass is 19.1. The summed E-state index contributed by atoms with van der Waals surface area (Å²) in [6.07, 6.45) is 6.74. The Labute approximate surface area is 169 Å². The molecule has 8 heteroatoms. The van der Waals surface area contributed by atoms with Crippen molar-refractivity contribution in [3.63, 3.8) is 0 Å². The highest BCUT2D eigenvalue weighted by Gasteiger charge is 2.20. The van der Waals surface area contributed by atoms with Crippen molar-refractivity contribution in [1.29, 1.82) is 0 Å². The molecule has 0 spiro atoms. The van der Waals surface area contributed by atoms with Crippen molar-refractivity contribution in [2.45, 2.75) is 44.4 Å². The van der Waals surface area contributed by atoms with Gasteiger partial charge in [-0.25, -0.2) is 14.4 Å². The van der Waals surface area contributed by atoms with Gasteiger partial charge in [-0.2, -0.15) is 5.10 Å². The van der Waals surface area contributed by atoms with Crippen molar-refractivity contribution >= 4 is 11.8 Å². The minimum atomic E-state index is -0.247. The number of rotatable bonds is 6. The zero-order chi connectivity index (χ0) is 20.2. The maximum absolute atomic E-state index is 13.1. The minimum absolute atomic E-state index is 0.189. The van der Waals surface area contributed by atoms with Crippen molar-refractivity contribution in [3.05, 3.63) is 54.1 Å². The van der Waals surface area contributed by atoms with Crippen LogP contribution in [0.4, 0.5) is 16.2 Å². The molecule has 29 heavy (non-hydrogen) atoms. The molecule has 7 nitrogen and oxygen atoms in total. The van der Waals surface area contributed by atoms with Crippen LogP contribution in [-0.4, -0.2) is 37.0 Å². The lowest BCUT2D eigenvalue weighted by atomic mass is 9.93. The summed E-state index contributed by atoms with van der Waals surface area (Å²) in [5.41, 5.74) is 2.62. The van der Waals surface area contributed by atoms with Crippen LogP contribution in [0.15, 0.2) is 42.7 Å². The third-order valence-corrected chi connectivity index (χ3v) is 5.27. The number of aliphatic hydroxyl groups excluding tert-OH is 1. The van der Waals surface area contributed by atoms with Crippen LogP contribution in [0.25, 0.3) is 11.3 Å². The first-order chi connectivity index (χ1) is 14.1. The van der Waals surface area contributed by atoms with Gasteiger partial charge in [0.05, 0.1) is 23.6 Å². The molecule has 2 heterocycles. The van der Waals surface area contributed by atoms with Crippen LogP contribution < -0.4 is 10.6 Å². The molecule has 1 saturated carbocycles. The second kappa shape index (κ2) is 8.57. The highest BCUT2D eigenvalue weighted by Crippen LogP contribution is 2.27. The highest BCUT2D eigenvalue weighted by molar-refractivity contribution is 5.72. The topological polar surface area (TPSA) is 87.9 Å². The Kier molecular flexibility index (Phi) is 5.71. The summed E-state index contributed by atoms with van der Waals surface area (Å²) in [5.74, 6) is 1.17. The number of nitrogens with one attached hydrogen (secondary N) is 2. The third-order valence-electron chi connectivity index (χ3n) is 5.27. The molecule has 3 N–H and O–H groups in total. The van der Waals surface area contributed by atoms with Gasteiger partial charge in [0.25, 0.3) is 0 Å². The number of hydrogen-bond donors (Lipinski definition) is 3. The maximum Gasteiger partial charge on any atom is 0.223 e. The second-order valence-corrected chi connectivity index (χ2v) is 7.43. The monoisotopic (exact) mass is 396 g/mol. The molecule has 0 radical (unpaired) electrons. The number of nitrogens with zero attached hydrogens (tertiary/aromatic N) is 4. The number of aryl methyl sites for hydroxylation is 1. The second-order valence-electron chi connectivity index (χ2n) is 7.43. The molecule has 0 unspecified atom stereocenters. The number of hydrogen-bond acceptors (Lipinski definition) is 6. The van der Waals surface area contributed by atoms with E-state index in [0.29, 0.717) is 12.5 Å². The van der Waals surface area contributed by atoms with E-state index < -0.39 is 0 Å². The van der Waals surface area contributed by atoms with Gasteiger partial charge >= 0.3 is 0 Å². The van der Waals surface area contributed by atoms with Gasteiger partial charge in [0.15, 0.2) is 0 Å². The van der Waals surface area contributed by atoms with Gasteiger partial charge in [-0.05, 0) is 49.4 Å². The summed E-state index contributed by atoms with van der Waals surface area (Å²) in [4.78, 5) is 9.02. The number of anilines is 2. The van der Waals surface area contributed by atoms with Crippen LogP contribution in [0, 0.1) is 5.82 Å². The summed E-state index contributed by atoms with van der Waals surface area (Å²) in [5, 5.41) is 20.8. The van der Waals surface area contributed by atoms with Crippen LogP contribution in [0.3, 0.4) is 0 Å². The van der Waals surface area contributed by atoms with Crippen molar-refractivity contribution in [1.82, 2.24) is 19.7 Å². The Hall–Kier alpha value is -3.00. The zero-order valence-electron chi connectivity index (χ0n) is 16.3. The molecular formula is C21H25FN6O. The number of benzene rings is 1. The van der Waals surface area contributed by atoms with Crippen LogP contribution in [0.1, 0.15) is 31.2 Å². The molecule has 0 aliphatic heterocycles. The molecular weight excluding hydrogens is 371 g/mol. The average Bonchev–Trinajstić information content (AvgIpc) is 3.10. The van der Waals surface area contributed by atoms with Crippen LogP contribution in [0.2, 0.25) is 0 Å². The first-order valence-electron chi connectivity index (χ1n) is 9.87. The standard InChI is InChI=1S/C21H25FN6O/c1-28-20(24-12-14-2-4-15(22)5-3-14)18(13-25-28)19-10-11-23-21(27-19)26-16-6-8-17(29)9-7-16/h2-5,10-11,13,16-17,24,29H,6-9,12H2,1H3,(H,23,26,27). The number of aliphatic hydroxyl groups is 1. The molecule has 2 aromatic heterocycles. The summed E-state index contributed by atoms with van der Waals surface area (Å²) in [6, 6.07) is 8.55. The van der Waals surface area contributed by atoms with Gasteiger partial charge < -0.3 is 15.7 Å². The summed E-state index contributed by atoms with van der Waals surface area (Å²) in [6.45, 7) is 0.549. The van der Waals surface area contributed by atoms with Gasteiger partial charge in [0.2, 0.25) is 5.95 Å².